The second-order valence-corrected chi connectivity index (χ2v) is 23.7. The number of carbonyl (C=O) groups is 2. The zero-order valence-electron chi connectivity index (χ0n) is 49.8. The number of hydrogen-bond acceptors (Lipinski definition) is 6. The molecule has 75 heavy (non-hydrogen) atoms. The predicted molar refractivity (Wildman–Crippen MR) is 323 cm³/mol. The van der Waals surface area contributed by atoms with Crippen molar-refractivity contribution in [1.82, 2.24) is 5.32 Å². The van der Waals surface area contributed by atoms with Gasteiger partial charge < -0.3 is 19.4 Å². The van der Waals surface area contributed by atoms with E-state index in [1.54, 1.807) is 0 Å². The van der Waals surface area contributed by atoms with E-state index in [2.05, 4.69) is 86.8 Å². The van der Waals surface area contributed by atoms with E-state index in [4.69, 9.17) is 13.8 Å². The standard InChI is InChI=1S/C65H119N2O7P/c1-7-10-13-16-19-22-25-27-29-31-33-35-37-39-42-45-48-51-54-57-64(68)66-62(61-73-75(70,71)72-60-59-67(4,5)6)63(56-53-50-47-44-41-24-21-18-15-12-9-3)74-65(69)58-55-52-49-46-43-40-38-36-34-32-30-28-26-23-20-17-14-11-8-2/h11,14,20,23,28,30,34,36,40,43,53,56,62-63H,7-10,12-13,15-19,21-22,24-27,29,31-33,35,37-39,41-42,44-52,54-55,57-61H2,1-6H3,(H-,66,68,70,71)/p+1/b14-11-,23-20-,30-28-,36-34-,43-40-,56-53+. The van der Waals surface area contributed by atoms with Gasteiger partial charge >= 0.3 is 13.8 Å². The van der Waals surface area contributed by atoms with Crippen molar-refractivity contribution in [1.29, 1.82) is 0 Å². The first-order valence-electron chi connectivity index (χ1n) is 31.3. The zero-order chi connectivity index (χ0) is 55.0. The molecular weight excluding hydrogens is 952 g/mol. The van der Waals surface area contributed by atoms with Crippen LogP contribution in [0.5, 0.6) is 0 Å². The first-order valence-corrected chi connectivity index (χ1v) is 32.8. The molecular formula is C65H120N2O7P+. The summed E-state index contributed by atoms with van der Waals surface area (Å²) < 4.78 is 30.7. The maximum absolute atomic E-state index is 13.5. The number of ether oxygens (including phenoxy) is 1. The van der Waals surface area contributed by atoms with E-state index < -0.39 is 20.0 Å². The van der Waals surface area contributed by atoms with Crippen molar-refractivity contribution in [2.45, 2.75) is 290 Å². The Bertz CT molecular complexity index is 1510. The first kappa shape index (κ1) is 72.5. The molecule has 0 saturated carbocycles. The number of unbranched alkanes of at least 4 members (excludes halogenated alkanes) is 30. The third kappa shape index (κ3) is 56.0. The van der Waals surface area contributed by atoms with Crippen LogP contribution in [0, 0.1) is 0 Å². The van der Waals surface area contributed by atoms with E-state index in [9.17, 15) is 19.0 Å². The van der Waals surface area contributed by atoms with Gasteiger partial charge in [0.15, 0.2) is 0 Å². The molecule has 0 aliphatic rings. The van der Waals surface area contributed by atoms with E-state index in [0.717, 1.165) is 89.9 Å². The van der Waals surface area contributed by atoms with Crippen LogP contribution in [0.3, 0.4) is 0 Å². The average Bonchev–Trinajstić information content (AvgIpc) is 3.37. The van der Waals surface area contributed by atoms with Crippen molar-refractivity contribution in [3.8, 4) is 0 Å². The van der Waals surface area contributed by atoms with Crippen molar-refractivity contribution in [2.75, 3.05) is 40.9 Å². The van der Waals surface area contributed by atoms with Gasteiger partial charge in [-0.3, -0.25) is 18.6 Å². The average molecular weight is 1070 g/mol. The highest BCUT2D eigenvalue weighted by atomic mass is 31.2. The number of carbonyl (C=O) groups excluding carboxylic acids is 2. The molecule has 9 nitrogen and oxygen atoms in total. The molecule has 0 rings (SSSR count). The van der Waals surface area contributed by atoms with Crippen molar-refractivity contribution in [2.24, 2.45) is 0 Å². The van der Waals surface area contributed by atoms with Crippen LogP contribution in [0.4, 0.5) is 0 Å². The highest BCUT2D eigenvalue weighted by molar-refractivity contribution is 7.47. The molecule has 0 fully saturated rings. The monoisotopic (exact) mass is 1070 g/mol. The SMILES string of the molecule is CC/C=C\C/C=C\C/C=C\C/C=C\C/C=C\CCCCCC(=O)OC(/C=C/CCCCCCCCCCC)C(COP(=O)(O)OCC[N+](C)(C)C)NC(=O)CCCCCCCCCCCCCCCCCCCCC. The molecule has 10 heteroatoms. The van der Waals surface area contributed by atoms with Gasteiger partial charge in [-0.15, -0.1) is 0 Å². The number of amides is 1. The quantitative estimate of drug-likeness (QED) is 0.0205. The Hall–Kier alpha value is -2.55. The third-order valence-electron chi connectivity index (χ3n) is 13.7. The fourth-order valence-corrected chi connectivity index (χ4v) is 9.59. The number of phosphoric acid groups is 1. The molecule has 0 saturated heterocycles. The van der Waals surface area contributed by atoms with Crippen molar-refractivity contribution >= 4 is 19.7 Å². The van der Waals surface area contributed by atoms with Gasteiger partial charge in [0.1, 0.15) is 19.3 Å². The normalized spacial score (nSPS) is 14.2. The number of phosphoric ester groups is 1. The lowest BCUT2D eigenvalue weighted by molar-refractivity contribution is -0.870. The summed E-state index contributed by atoms with van der Waals surface area (Å²) in [5.41, 5.74) is 0. The number of quaternary nitrogens is 1. The molecule has 0 spiro atoms. The summed E-state index contributed by atoms with van der Waals surface area (Å²) in [7, 11) is 1.48. The molecule has 0 radical (unpaired) electrons. The second kappa shape index (κ2) is 54.8. The summed E-state index contributed by atoms with van der Waals surface area (Å²) in [5.74, 6) is -0.537. The summed E-state index contributed by atoms with van der Waals surface area (Å²) in [5, 5.41) is 3.05. The Morgan fingerprint density at radius 2 is 0.853 bits per heavy atom. The largest absolute Gasteiger partial charge is 0.472 e. The number of allylic oxidation sites excluding steroid dienone is 11. The summed E-state index contributed by atoms with van der Waals surface area (Å²) in [6, 6.07) is -0.862. The zero-order valence-corrected chi connectivity index (χ0v) is 50.7. The van der Waals surface area contributed by atoms with Crippen molar-refractivity contribution in [3.05, 3.63) is 72.9 Å². The summed E-state index contributed by atoms with van der Waals surface area (Å²) in [6.07, 6.45) is 70.4. The Labute approximate surface area is 463 Å². The van der Waals surface area contributed by atoms with E-state index >= 15 is 0 Å². The first-order chi connectivity index (χ1) is 36.4. The fourth-order valence-electron chi connectivity index (χ4n) is 8.85. The molecule has 0 aromatic carbocycles. The van der Waals surface area contributed by atoms with Crippen LogP contribution in [0.15, 0.2) is 72.9 Å². The predicted octanol–water partition coefficient (Wildman–Crippen LogP) is 19.2. The lowest BCUT2D eigenvalue weighted by Crippen LogP contribution is -2.47. The topological polar surface area (TPSA) is 111 Å². The number of hydrogen-bond donors (Lipinski definition) is 2. The van der Waals surface area contributed by atoms with Gasteiger partial charge in [0.05, 0.1) is 33.8 Å². The Morgan fingerprint density at radius 3 is 1.29 bits per heavy atom. The molecule has 0 aromatic heterocycles. The van der Waals surface area contributed by atoms with Gasteiger partial charge in [0.25, 0.3) is 0 Å². The maximum Gasteiger partial charge on any atom is 0.472 e. The Kier molecular flexibility index (Phi) is 52.9. The molecule has 0 aliphatic heterocycles. The molecule has 0 heterocycles. The number of rotatable bonds is 56. The summed E-state index contributed by atoms with van der Waals surface area (Å²) >= 11 is 0. The Balaban J connectivity index is 5.25. The lowest BCUT2D eigenvalue weighted by Gasteiger charge is -2.27. The van der Waals surface area contributed by atoms with Crippen LogP contribution in [-0.4, -0.2) is 74.3 Å². The lowest BCUT2D eigenvalue weighted by atomic mass is 10.0. The molecule has 1 amide bonds. The molecule has 0 aliphatic carbocycles. The maximum atomic E-state index is 13.5. The molecule has 3 atom stereocenters. The Morgan fingerprint density at radius 1 is 0.480 bits per heavy atom. The van der Waals surface area contributed by atoms with E-state index in [1.807, 2.05) is 33.3 Å². The van der Waals surface area contributed by atoms with Gasteiger partial charge in [0.2, 0.25) is 5.91 Å². The molecule has 3 unspecified atom stereocenters. The number of nitrogens with zero attached hydrogens (tertiary/aromatic N) is 1. The summed E-state index contributed by atoms with van der Waals surface area (Å²) in [4.78, 5) is 37.7. The van der Waals surface area contributed by atoms with Gasteiger partial charge in [-0.2, -0.15) is 0 Å². The van der Waals surface area contributed by atoms with Crippen molar-refractivity contribution in [3.63, 3.8) is 0 Å². The summed E-state index contributed by atoms with van der Waals surface area (Å²) in [6.45, 7) is 6.89. The number of nitrogens with one attached hydrogen (secondary N) is 1. The highest BCUT2D eigenvalue weighted by Crippen LogP contribution is 2.43. The molecule has 0 aromatic rings. The van der Waals surface area contributed by atoms with Crippen LogP contribution in [-0.2, 0) is 27.9 Å². The van der Waals surface area contributed by atoms with Crippen LogP contribution in [0.1, 0.15) is 278 Å². The molecule has 0 bridgehead atoms. The minimum atomic E-state index is -4.46. The minimum Gasteiger partial charge on any atom is -0.456 e. The minimum absolute atomic E-state index is 0.0336. The van der Waals surface area contributed by atoms with Gasteiger partial charge in [-0.1, -0.05) is 261 Å². The van der Waals surface area contributed by atoms with Crippen LogP contribution >= 0.6 is 7.82 Å². The van der Waals surface area contributed by atoms with Gasteiger partial charge in [-0.25, -0.2) is 4.57 Å². The third-order valence-corrected chi connectivity index (χ3v) is 14.6. The second-order valence-electron chi connectivity index (χ2n) is 22.2. The molecule has 436 valence electrons. The van der Waals surface area contributed by atoms with Crippen LogP contribution in [0.2, 0.25) is 0 Å². The number of esters is 1. The van der Waals surface area contributed by atoms with E-state index in [0.29, 0.717) is 23.9 Å². The smallest absolute Gasteiger partial charge is 0.456 e. The number of likely N-dealkylation sites (N-methyl/N-ethyl adjacent to an activating group) is 1. The van der Waals surface area contributed by atoms with Crippen LogP contribution in [0.25, 0.3) is 0 Å². The van der Waals surface area contributed by atoms with E-state index in [-0.39, 0.29) is 31.5 Å². The van der Waals surface area contributed by atoms with E-state index in [1.165, 1.54) is 148 Å². The van der Waals surface area contributed by atoms with Crippen LogP contribution < -0.4 is 5.32 Å². The fraction of sp³-hybridized carbons (Fsp3) is 0.785. The van der Waals surface area contributed by atoms with Crippen molar-refractivity contribution < 1.29 is 37.3 Å². The van der Waals surface area contributed by atoms with Gasteiger partial charge in [-0.05, 0) is 76.7 Å². The molecule has 2 N–H and O–H groups in total. The highest BCUT2D eigenvalue weighted by Gasteiger charge is 2.30. The van der Waals surface area contributed by atoms with Gasteiger partial charge in [0, 0.05) is 12.8 Å².